The van der Waals surface area contributed by atoms with E-state index in [9.17, 15) is 9.59 Å². The van der Waals surface area contributed by atoms with Crippen molar-refractivity contribution < 1.29 is 9.47 Å². The van der Waals surface area contributed by atoms with Crippen LogP contribution in [0.3, 0.4) is 0 Å². The Morgan fingerprint density at radius 1 is 0.964 bits per heavy atom. The van der Waals surface area contributed by atoms with Crippen LogP contribution >= 0.6 is 0 Å². The lowest BCUT2D eigenvalue weighted by molar-refractivity contribution is 0.355. The Bertz CT molecular complexity index is 1250. The Morgan fingerprint density at radius 2 is 1.71 bits per heavy atom. The van der Waals surface area contributed by atoms with Crippen LogP contribution in [0.4, 0.5) is 0 Å². The van der Waals surface area contributed by atoms with Crippen LogP contribution in [0.5, 0.6) is 11.5 Å². The largest absolute Gasteiger partial charge is 0.493 e. The molecule has 0 saturated heterocycles. The van der Waals surface area contributed by atoms with E-state index in [4.69, 9.17) is 9.47 Å². The van der Waals surface area contributed by atoms with Gasteiger partial charge in [-0.05, 0) is 23.8 Å². The average Bonchev–Trinajstić information content (AvgIpc) is 3.15. The molecule has 0 unspecified atom stereocenters. The van der Waals surface area contributed by atoms with E-state index in [1.807, 2.05) is 30.3 Å². The Labute approximate surface area is 159 Å². The molecule has 2 N–H and O–H groups in total. The van der Waals surface area contributed by atoms with Gasteiger partial charge in [0.2, 0.25) is 0 Å². The molecule has 0 bridgehead atoms. The maximum Gasteiger partial charge on any atom is 0.330 e. The molecule has 0 aliphatic carbocycles. The van der Waals surface area contributed by atoms with Crippen molar-refractivity contribution in [2.45, 2.75) is 6.54 Å². The average molecular weight is 378 g/mol. The summed E-state index contributed by atoms with van der Waals surface area (Å²) in [7, 11) is 3.10. The normalized spacial score (nSPS) is 10.9. The Balaban J connectivity index is 1.81. The second kappa shape index (κ2) is 7.07. The molecule has 8 heteroatoms. The quantitative estimate of drug-likeness (QED) is 0.554. The number of methoxy groups -OCH3 is 2. The number of hydrogen-bond donors (Lipinski definition) is 2. The van der Waals surface area contributed by atoms with Crippen LogP contribution in [0, 0.1) is 0 Å². The van der Waals surface area contributed by atoms with Gasteiger partial charge in [-0.1, -0.05) is 30.3 Å². The number of benzene rings is 2. The number of nitrogens with zero attached hydrogens (tertiary/aromatic N) is 2. The minimum absolute atomic E-state index is 0.176. The summed E-state index contributed by atoms with van der Waals surface area (Å²) in [4.78, 5) is 35.3. The second-order valence-corrected chi connectivity index (χ2v) is 6.19. The number of ether oxygens (including phenoxy) is 2. The summed E-state index contributed by atoms with van der Waals surface area (Å²) in [5.74, 6) is 1.57. The summed E-state index contributed by atoms with van der Waals surface area (Å²) in [6.07, 6.45) is 0. The predicted molar refractivity (Wildman–Crippen MR) is 105 cm³/mol. The van der Waals surface area contributed by atoms with Crippen LogP contribution in [0.15, 0.2) is 58.1 Å². The van der Waals surface area contributed by atoms with Gasteiger partial charge < -0.3 is 14.5 Å². The maximum absolute atomic E-state index is 12.8. The van der Waals surface area contributed by atoms with Gasteiger partial charge in [-0.25, -0.2) is 9.78 Å². The fraction of sp³-hybridized carbons (Fsp3) is 0.150. The molecule has 2 aromatic carbocycles. The predicted octanol–water partition coefficient (Wildman–Crippen LogP) is 2.15. The van der Waals surface area contributed by atoms with Gasteiger partial charge in [0, 0.05) is 5.56 Å². The van der Waals surface area contributed by atoms with Gasteiger partial charge in [0.25, 0.3) is 5.56 Å². The van der Waals surface area contributed by atoms with Crippen molar-refractivity contribution in [2.24, 2.45) is 0 Å². The van der Waals surface area contributed by atoms with E-state index >= 15 is 0 Å². The van der Waals surface area contributed by atoms with E-state index in [-0.39, 0.29) is 17.7 Å². The van der Waals surface area contributed by atoms with Crippen LogP contribution in [0.1, 0.15) is 5.56 Å². The van der Waals surface area contributed by atoms with Gasteiger partial charge >= 0.3 is 5.69 Å². The fourth-order valence-electron chi connectivity index (χ4n) is 3.04. The van der Waals surface area contributed by atoms with Crippen LogP contribution in [0.2, 0.25) is 0 Å². The molecule has 8 nitrogen and oxygen atoms in total. The molecule has 142 valence electrons. The fourth-order valence-corrected chi connectivity index (χ4v) is 3.04. The Hall–Kier alpha value is -3.81. The molecule has 2 aromatic heterocycles. The number of rotatable bonds is 5. The summed E-state index contributed by atoms with van der Waals surface area (Å²) >= 11 is 0. The molecule has 2 heterocycles. The third-order valence-electron chi connectivity index (χ3n) is 4.47. The first-order valence-electron chi connectivity index (χ1n) is 8.60. The lowest BCUT2D eigenvalue weighted by Gasteiger charge is -2.08. The minimum Gasteiger partial charge on any atom is -0.493 e. The van der Waals surface area contributed by atoms with Crippen molar-refractivity contribution >= 4 is 11.2 Å². The molecule has 0 radical (unpaired) electrons. The molecular weight excluding hydrogens is 360 g/mol. The Kier molecular flexibility index (Phi) is 4.44. The molecular formula is C20H18N4O4. The van der Waals surface area contributed by atoms with Crippen molar-refractivity contribution in [3.05, 3.63) is 74.9 Å². The first kappa shape index (κ1) is 17.6. The summed E-state index contributed by atoms with van der Waals surface area (Å²) < 4.78 is 11.7. The van der Waals surface area contributed by atoms with E-state index in [1.165, 1.54) is 0 Å². The zero-order valence-electron chi connectivity index (χ0n) is 15.4. The Morgan fingerprint density at radius 3 is 2.43 bits per heavy atom. The van der Waals surface area contributed by atoms with Gasteiger partial charge in [-0.3, -0.25) is 14.3 Å². The van der Waals surface area contributed by atoms with Crippen LogP contribution in [0.25, 0.3) is 22.6 Å². The zero-order valence-corrected chi connectivity index (χ0v) is 15.4. The number of H-pyrrole nitrogens is 2. The molecule has 0 spiro atoms. The van der Waals surface area contributed by atoms with Gasteiger partial charge in [0.1, 0.15) is 11.3 Å². The first-order chi connectivity index (χ1) is 13.6. The van der Waals surface area contributed by atoms with Crippen molar-refractivity contribution in [2.75, 3.05) is 14.2 Å². The van der Waals surface area contributed by atoms with Gasteiger partial charge in [-0.2, -0.15) is 0 Å². The van der Waals surface area contributed by atoms with E-state index in [0.29, 0.717) is 22.9 Å². The lowest BCUT2D eigenvalue weighted by atomic mass is 10.2. The molecule has 0 saturated carbocycles. The lowest BCUT2D eigenvalue weighted by Crippen LogP contribution is -2.35. The zero-order chi connectivity index (χ0) is 19.7. The smallest absolute Gasteiger partial charge is 0.330 e. The van der Waals surface area contributed by atoms with Crippen molar-refractivity contribution in [3.63, 3.8) is 0 Å². The van der Waals surface area contributed by atoms with Gasteiger partial charge in [0.05, 0.1) is 20.8 Å². The number of nitrogens with one attached hydrogen (secondary N) is 2. The molecule has 0 amide bonds. The van der Waals surface area contributed by atoms with Crippen LogP contribution in [-0.4, -0.2) is 33.7 Å². The van der Waals surface area contributed by atoms with Crippen LogP contribution in [-0.2, 0) is 6.54 Å². The van der Waals surface area contributed by atoms with Crippen molar-refractivity contribution in [1.82, 2.24) is 19.5 Å². The first-order valence-corrected chi connectivity index (χ1v) is 8.60. The summed E-state index contributed by atoms with van der Waals surface area (Å²) in [6.45, 7) is 0.176. The van der Waals surface area contributed by atoms with E-state index in [0.717, 1.165) is 10.1 Å². The number of fused-ring (bicyclic) bond motifs is 1. The molecule has 4 aromatic rings. The van der Waals surface area contributed by atoms with E-state index < -0.39 is 11.2 Å². The highest BCUT2D eigenvalue weighted by Crippen LogP contribution is 2.31. The number of aromatic nitrogens is 4. The maximum atomic E-state index is 12.8. The summed E-state index contributed by atoms with van der Waals surface area (Å²) in [6, 6.07) is 14.6. The van der Waals surface area contributed by atoms with Gasteiger partial charge in [-0.15, -0.1) is 0 Å². The van der Waals surface area contributed by atoms with Crippen molar-refractivity contribution in [3.8, 4) is 22.9 Å². The third-order valence-corrected chi connectivity index (χ3v) is 4.47. The highest BCUT2D eigenvalue weighted by Gasteiger charge is 2.15. The summed E-state index contributed by atoms with van der Waals surface area (Å²) in [5.41, 5.74) is 1.07. The number of aromatic amines is 2. The van der Waals surface area contributed by atoms with E-state index in [1.54, 1.807) is 32.4 Å². The van der Waals surface area contributed by atoms with E-state index in [2.05, 4.69) is 15.0 Å². The highest BCUT2D eigenvalue weighted by atomic mass is 16.5. The monoisotopic (exact) mass is 378 g/mol. The molecule has 4 rings (SSSR count). The molecule has 0 fully saturated rings. The molecule has 0 atom stereocenters. The minimum atomic E-state index is -0.508. The SMILES string of the molecule is COc1ccc(-c2nc3[nH]c(=O)n(Cc4ccccc4)c(=O)c3[nH]2)cc1OC. The second-order valence-electron chi connectivity index (χ2n) is 6.19. The number of imidazole rings is 1. The third kappa shape index (κ3) is 3.05. The van der Waals surface area contributed by atoms with Crippen LogP contribution < -0.4 is 20.7 Å². The molecule has 28 heavy (non-hydrogen) atoms. The number of hydrogen-bond acceptors (Lipinski definition) is 5. The van der Waals surface area contributed by atoms with Gasteiger partial charge in [0.15, 0.2) is 17.1 Å². The van der Waals surface area contributed by atoms with Crippen molar-refractivity contribution in [1.29, 1.82) is 0 Å². The topological polar surface area (TPSA) is 102 Å². The standard InChI is InChI=1S/C20H18N4O4/c1-27-14-9-8-13(10-15(14)28-2)17-21-16-18(22-17)23-20(26)24(19(16)25)11-12-6-4-3-5-7-12/h3-10H,11H2,1-2H3,(H,21,22)(H,23,26). The molecule has 0 aliphatic heterocycles. The highest BCUT2D eigenvalue weighted by molar-refractivity contribution is 5.75. The summed E-state index contributed by atoms with van der Waals surface area (Å²) in [5, 5.41) is 0. The molecule has 0 aliphatic rings.